The highest BCUT2D eigenvalue weighted by Gasteiger charge is 2.31. The number of fused-ring (bicyclic) bond motifs is 1. The SMILES string of the molecule is COC(=O)c1ccc2c(OC)cc(-c3ccc(C(F)(F)F)cc3-n3ccnc3)nc2c1. The summed E-state index contributed by atoms with van der Waals surface area (Å²) in [5.41, 5.74) is 1.02. The molecule has 9 heteroatoms. The lowest BCUT2D eigenvalue weighted by Gasteiger charge is -2.15. The molecule has 4 rings (SSSR count). The monoisotopic (exact) mass is 427 g/mol. The van der Waals surface area contributed by atoms with E-state index in [1.165, 1.54) is 37.4 Å². The van der Waals surface area contributed by atoms with Crippen molar-refractivity contribution in [2.45, 2.75) is 6.18 Å². The van der Waals surface area contributed by atoms with Gasteiger partial charge in [0.2, 0.25) is 0 Å². The van der Waals surface area contributed by atoms with Crippen LogP contribution in [0, 0.1) is 0 Å². The largest absolute Gasteiger partial charge is 0.496 e. The standard InChI is InChI=1S/C22H16F3N3O3/c1-30-20-11-18(27-17-9-13(21(29)31-2)3-5-16(17)20)15-6-4-14(22(23,24)25)10-19(15)28-8-7-26-12-28/h3-12H,1-2H3. The van der Waals surface area contributed by atoms with Crippen molar-refractivity contribution >= 4 is 16.9 Å². The molecule has 158 valence electrons. The molecular weight excluding hydrogens is 411 g/mol. The number of esters is 1. The average Bonchev–Trinajstić information content (AvgIpc) is 3.31. The summed E-state index contributed by atoms with van der Waals surface area (Å²) in [6.07, 6.45) is -0.0713. The van der Waals surface area contributed by atoms with Crippen LogP contribution < -0.4 is 4.74 Å². The topological polar surface area (TPSA) is 66.2 Å². The first-order valence-electron chi connectivity index (χ1n) is 9.09. The summed E-state index contributed by atoms with van der Waals surface area (Å²) in [7, 11) is 2.76. The summed E-state index contributed by atoms with van der Waals surface area (Å²) in [6.45, 7) is 0. The number of nitrogens with zero attached hydrogens (tertiary/aromatic N) is 3. The normalized spacial score (nSPS) is 11.5. The van der Waals surface area contributed by atoms with Gasteiger partial charge in [0.15, 0.2) is 0 Å². The number of alkyl halides is 3. The molecule has 0 saturated heterocycles. The predicted octanol–water partition coefficient (Wildman–Crippen LogP) is 4.90. The highest BCUT2D eigenvalue weighted by atomic mass is 19.4. The van der Waals surface area contributed by atoms with Gasteiger partial charge in [-0.1, -0.05) is 6.07 Å². The number of carbonyl (C=O) groups is 1. The third kappa shape index (κ3) is 3.81. The number of imidazole rings is 1. The fourth-order valence-corrected chi connectivity index (χ4v) is 3.29. The van der Waals surface area contributed by atoms with Gasteiger partial charge in [0.1, 0.15) is 5.75 Å². The minimum atomic E-state index is -4.50. The van der Waals surface area contributed by atoms with E-state index < -0.39 is 17.7 Å². The van der Waals surface area contributed by atoms with Gasteiger partial charge in [0.05, 0.1) is 48.6 Å². The number of aromatic nitrogens is 3. The van der Waals surface area contributed by atoms with Crippen LogP contribution >= 0.6 is 0 Å². The van der Waals surface area contributed by atoms with Crippen molar-refractivity contribution in [2.24, 2.45) is 0 Å². The summed E-state index contributed by atoms with van der Waals surface area (Å²) in [5, 5.41) is 0.648. The number of hydrogen-bond donors (Lipinski definition) is 0. The van der Waals surface area contributed by atoms with Gasteiger partial charge in [0, 0.05) is 29.4 Å². The molecule has 2 heterocycles. The van der Waals surface area contributed by atoms with E-state index in [-0.39, 0.29) is 5.69 Å². The number of ether oxygens (including phenoxy) is 2. The lowest BCUT2D eigenvalue weighted by molar-refractivity contribution is -0.137. The molecule has 4 aromatic rings. The number of benzene rings is 2. The molecular formula is C22H16F3N3O3. The van der Waals surface area contributed by atoms with Crippen molar-refractivity contribution in [1.29, 1.82) is 0 Å². The molecule has 0 spiro atoms. The van der Waals surface area contributed by atoms with Crippen LogP contribution in [0.2, 0.25) is 0 Å². The van der Waals surface area contributed by atoms with E-state index in [0.717, 1.165) is 12.1 Å². The number of pyridine rings is 1. The molecule has 31 heavy (non-hydrogen) atoms. The Labute approximate surface area is 174 Å². The van der Waals surface area contributed by atoms with Crippen LogP contribution in [0.1, 0.15) is 15.9 Å². The Bertz CT molecular complexity index is 1270. The van der Waals surface area contributed by atoms with E-state index in [4.69, 9.17) is 9.47 Å². The molecule has 0 atom stereocenters. The molecule has 0 fully saturated rings. The van der Waals surface area contributed by atoms with Crippen LogP contribution in [-0.2, 0) is 10.9 Å². The average molecular weight is 427 g/mol. The second-order valence-electron chi connectivity index (χ2n) is 6.63. The lowest BCUT2D eigenvalue weighted by atomic mass is 10.0. The van der Waals surface area contributed by atoms with Crippen LogP contribution in [-0.4, -0.2) is 34.7 Å². The van der Waals surface area contributed by atoms with E-state index in [1.54, 1.807) is 30.5 Å². The first kappa shape index (κ1) is 20.4. The van der Waals surface area contributed by atoms with Crippen molar-refractivity contribution in [3.63, 3.8) is 0 Å². The fourth-order valence-electron chi connectivity index (χ4n) is 3.29. The Kier molecular flexibility index (Phi) is 5.10. The lowest BCUT2D eigenvalue weighted by Crippen LogP contribution is -2.07. The van der Waals surface area contributed by atoms with Gasteiger partial charge < -0.3 is 14.0 Å². The molecule has 0 aliphatic carbocycles. The van der Waals surface area contributed by atoms with Crippen molar-refractivity contribution < 1.29 is 27.4 Å². The van der Waals surface area contributed by atoms with Crippen molar-refractivity contribution in [2.75, 3.05) is 14.2 Å². The summed E-state index contributed by atoms with van der Waals surface area (Å²) >= 11 is 0. The molecule has 2 aromatic carbocycles. The van der Waals surface area contributed by atoms with Gasteiger partial charge >= 0.3 is 12.1 Å². The van der Waals surface area contributed by atoms with Crippen LogP contribution in [0.5, 0.6) is 5.75 Å². The smallest absolute Gasteiger partial charge is 0.416 e. The molecule has 0 N–H and O–H groups in total. The van der Waals surface area contributed by atoms with Crippen LogP contribution in [0.3, 0.4) is 0 Å². The van der Waals surface area contributed by atoms with Gasteiger partial charge in [-0.05, 0) is 30.3 Å². The van der Waals surface area contributed by atoms with E-state index >= 15 is 0 Å². The Morgan fingerprint density at radius 2 is 1.87 bits per heavy atom. The predicted molar refractivity (Wildman–Crippen MR) is 107 cm³/mol. The molecule has 0 bridgehead atoms. The first-order valence-corrected chi connectivity index (χ1v) is 9.09. The summed E-state index contributed by atoms with van der Waals surface area (Å²) in [4.78, 5) is 20.4. The molecule has 0 saturated carbocycles. The molecule has 2 aromatic heterocycles. The zero-order valence-electron chi connectivity index (χ0n) is 16.5. The maximum atomic E-state index is 13.3. The van der Waals surface area contributed by atoms with Crippen LogP contribution in [0.15, 0.2) is 61.2 Å². The van der Waals surface area contributed by atoms with E-state index in [2.05, 4.69) is 9.97 Å². The van der Waals surface area contributed by atoms with E-state index in [9.17, 15) is 18.0 Å². The second-order valence-corrected chi connectivity index (χ2v) is 6.63. The maximum absolute atomic E-state index is 13.3. The Morgan fingerprint density at radius 1 is 1.06 bits per heavy atom. The zero-order valence-corrected chi connectivity index (χ0v) is 16.5. The maximum Gasteiger partial charge on any atom is 0.416 e. The summed E-state index contributed by atoms with van der Waals surface area (Å²) in [5.74, 6) is -0.0606. The van der Waals surface area contributed by atoms with Gasteiger partial charge in [-0.15, -0.1) is 0 Å². The highest BCUT2D eigenvalue weighted by molar-refractivity contribution is 5.97. The molecule has 0 unspecified atom stereocenters. The number of halogens is 3. The van der Waals surface area contributed by atoms with Crippen molar-refractivity contribution in [1.82, 2.24) is 14.5 Å². The van der Waals surface area contributed by atoms with Gasteiger partial charge in [0.25, 0.3) is 0 Å². The molecule has 0 aliphatic rings. The third-order valence-electron chi connectivity index (χ3n) is 4.80. The fraction of sp³-hybridized carbons (Fsp3) is 0.136. The van der Waals surface area contributed by atoms with Gasteiger partial charge in [-0.3, -0.25) is 0 Å². The van der Waals surface area contributed by atoms with E-state index in [1.807, 2.05) is 0 Å². The Hall–Kier alpha value is -3.88. The summed E-state index contributed by atoms with van der Waals surface area (Å²) < 4.78 is 51.7. The summed E-state index contributed by atoms with van der Waals surface area (Å²) in [6, 6.07) is 9.86. The second kappa shape index (κ2) is 7.75. The first-order chi connectivity index (χ1) is 14.8. The number of hydrogen-bond acceptors (Lipinski definition) is 5. The third-order valence-corrected chi connectivity index (χ3v) is 4.80. The Balaban J connectivity index is 1.96. The number of methoxy groups -OCH3 is 2. The number of carbonyl (C=O) groups excluding carboxylic acids is 1. The van der Waals surface area contributed by atoms with Crippen molar-refractivity contribution in [3.05, 3.63) is 72.3 Å². The molecule has 0 amide bonds. The minimum Gasteiger partial charge on any atom is -0.496 e. The van der Waals surface area contributed by atoms with Crippen molar-refractivity contribution in [3.8, 4) is 22.7 Å². The minimum absolute atomic E-state index is 0.255. The Morgan fingerprint density at radius 3 is 2.52 bits per heavy atom. The van der Waals surface area contributed by atoms with Crippen LogP contribution in [0.25, 0.3) is 27.8 Å². The molecule has 6 nitrogen and oxygen atoms in total. The van der Waals surface area contributed by atoms with Gasteiger partial charge in [-0.25, -0.2) is 14.8 Å². The molecule has 0 radical (unpaired) electrons. The van der Waals surface area contributed by atoms with E-state index in [0.29, 0.717) is 33.5 Å². The van der Waals surface area contributed by atoms with Gasteiger partial charge in [-0.2, -0.15) is 13.2 Å². The zero-order chi connectivity index (χ0) is 22.2. The number of rotatable bonds is 4. The quantitative estimate of drug-likeness (QED) is 0.434. The van der Waals surface area contributed by atoms with Crippen LogP contribution in [0.4, 0.5) is 13.2 Å². The molecule has 0 aliphatic heterocycles. The highest BCUT2D eigenvalue weighted by Crippen LogP contribution is 2.37.